The summed E-state index contributed by atoms with van der Waals surface area (Å²) in [5, 5.41) is 2.29. The number of H-pyrrole nitrogens is 1. The smallest absolute Gasteiger partial charge is 0.259 e. The fraction of sp³-hybridized carbons (Fsp3) is 0.267. The summed E-state index contributed by atoms with van der Waals surface area (Å²) in [5.41, 5.74) is 0.540. The molecule has 1 N–H and O–H groups in total. The first-order chi connectivity index (χ1) is 9.56. The van der Waals surface area contributed by atoms with Crippen molar-refractivity contribution >= 4 is 21.7 Å². The van der Waals surface area contributed by atoms with Crippen molar-refractivity contribution < 1.29 is 13.9 Å². The molecule has 0 saturated heterocycles. The van der Waals surface area contributed by atoms with Gasteiger partial charge in [-0.05, 0) is 19.9 Å². The van der Waals surface area contributed by atoms with E-state index in [9.17, 15) is 4.79 Å². The number of benzene rings is 1. The van der Waals surface area contributed by atoms with Gasteiger partial charge in [-0.2, -0.15) is 0 Å². The molecule has 3 rings (SSSR count). The van der Waals surface area contributed by atoms with Crippen molar-refractivity contribution in [2.24, 2.45) is 0 Å². The van der Waals surface area contributed by atoms with Gasteiger partial charge < -0.3 is 18.9 Å². The van der Waals surface area contributed by atoms with Gasteiger partial charge in [-0.15, -0.1) is 0 Å². The minimum Gasteiger partial charge on any atom is -0.493 e. The zero-order valence-corrected chi connectivity index (χ0v) is 11.8. The van der Waals surface area contributed by atoms with Crippen molar-refractivity contribution in [3.05, 3.63) is 34.0 Å². The van der Waals surface area contributed by atoms with E-state index in [2.05, 4.69) is 4.98 Å². The summed E-state index contributed by atoms with van der Waals surface area (Å²) in [5.74, 6) is 2.54. The molecule has 0 amide bonds. The van der Waals surface area contributed by atoms with Crippen molar-refractivity contribution in [3.63, 3.8) is 0 Å². The lowest BCUT2D eigenvalue weighted by atomic mass is 10.1. The van der Waals surface area contributed by atoms with E-state index >= 15 is 0 Å². The van der Waals surface area contributed by atoms with Gasteiger partial charge in [0, 0.05) is 16.8 Å². The third kappa shape index (κ3) is 1.59. The monoisotopic (exact) mass is 273 g/mol. The van der Waals surface area contributed by atoms with Crippen LogP contribution in [-0.2, 0) is 0 Å². The van der Waals surface area contributed by atoms with E-state index in [0.29, 0.717) is 28.2 Å². The lowest BCUT2D eigenvalue weighted by molar-refractivity contribution is 0.356. The van der Waals surface area contributed by atoms with Gasteiger partial charge in [-0.1, -0.05) is 0 Å². The van der Waals surface area contributed by atoms with Crippen LogP contribution in [0.3, 0.4) is 0 Å². The predicted octanol–water partition coefficient (Wildman–Crippen LogP) is 2.91. The molecule has 0 aliphatic carbocycles. The standard InChI is InChI=1S/C15H15NO4/c1-7-13-9-5-11(18-3)12(19-4)6-10(9)16-15(17)14(13)8(2)20-7/h5-6H,1-4H3,(H,16,17). The van der Waals surface area contributed by atoms with E-state index < -0.39 is 0 Å². The third-order valence-corrected chi connectivity index (χ3v) is 3.53. The summed E-state index contributed by atoms with van der Waals surface area (Å²) in [6, 6.07) is 3.62. The van der Waals surface area contributed by atoms with Crippen LogP contribution in [0, 0.1) is 13.8 Å². The van der Waals surface area contributed by atoms with Gasteiger partial charge in [-0.3, -0.25) is 4.79 Å². The number of fused-ring (bicyclic) bond motifs is 3. The van der Waals surface area contributed by atoms with Crippen LogP contribution < -0.4 is 15.0 Å². The second-order valence-corrected chi connectivity index (χ2v) is 4.67. The van der Waals surface area contributed by atoms with E-state index in [1.807, 2.05) is 13.0 Å². The normalized spacial score (nSPS) is 11.2. The SMILES string of the molecule is COc1cc2[nH]c(=O)c3c(C)oc(C)c3c2cc1OC. The average molecular weight is 273 g/mol. The molecule has 0 unspecified atom stereocenters. The maximum atomic E-state index is 12.2. The van der Waals surface area contributed by atoms with Crippen molar-refractivity contribution in [1.82, 2.24) is 4.98 Å². The number of rotatable bonds is 2. The molecule has 5 heteroatoms. The quantitative estimate of drug-likeness (QED) is 0.779. The number of pyridine rings is 1. The molecule has 0 saturated carbocycles. The highest BCUT2D eigenvalue weighted by molar-refractivity contribution is 6.08. The Morgan fingerprint density at radius 3 is 2.25 bits per heavy atom. The predicted molar refractivity (Wildman–Crippen MR) is 76.9 cm³/mol. The molecule has 1 aromatic carbocycles. The van der Waals surface area contributed by atoms with E-state index in [4.69, 9.17) is 13.9 Å². The summed E-state index contributed by atoms with van der Waals surface area (Å²) in [6.07, 6.45) is 0. The van der Waals surface area contributed by atoms with Crippen molar-refractivity contribution in [2.45, 2.75) is 13.8 Å². The van der Waals surface area contributed by atoms with Crippen LogP contribution in [0.4, 0.5) is 0 Å². The van der Waals surface area contributed by atoms with Crippen LogP contribution in [0.1, 0.15) is 11.5 Å². The average Bonchev–Trinajstić information content (AvgIpc) is 2.73. The molecule has 0 fully saturated rings. The minimum absolute atomic E-state index is 0.158. The highest BCUT2D eigenvalue weighted by Crippen LogP contribution is 2.36. The largest absolute Gasteiger partial charge is 0.493 e. The van der Waals surface area contributed by atoms with Crippen LogP contribution in [-0.4, -0.2) is 19.2 Å². The molecule has 104 valence electrons. The van der Waals surface area contributed by atoms with Gasteiger partial charge in [0.05, 0.1) is 25.1 Å². The molecule has 0 atom stereocenters. The zero-order valence-electron chi connectivity index (χ0n) is 11.8. The van der Waals surface area contributed by atoms with Crippen LogP contribution in [0.15, 0.2) is 21.3 Å². The molecule has 2 heterocycles. The molecule has 0 aliphatic heterocycles. The highest BCUT2D eigenvalue weighted by atomic mass is 16.5. The molecule has 0 radical (unpaired) electrons. The maximum Gasteiger partial charge on any atom is 0.259 e. The number of furan rings is 1. The van der Waals surface area contributed by atoms with E-state index in [-0.39, 0.29) is 5.56 Å². The number of methoxy groups -OCH3 is 2. The van der Waals surface area contributed by atoms with Gasteiger partial charge in [0.25, 0.3) is 5.56 Å². The number of ether oxygens (including phenoxy) is 2. The van der Waals surface area contributed by atoms with Crippen LogP contribution in [0.25, 0.3) is 21.7 Å². The highest BCUT2D eigenvalue weighted by Gasteiger charge is 2.17. The molecular formula is C15H15NO4. The van der Waals surface area contributed by atoms with Gasteiger partial charge >= 0.3 is 0 Å². The molecule has 3 aromatic rings. The Labute approximate surface area is 115 Å². The van der Waals surface area contributed by atoms with E-state index in [1.54, 1.807) is 27.2 Å². The van der Waals surface area contributed by atoms with E-state index in [0.717, 1.165) is 16.5 Å². The first-order valence-electron chi connectivity index (χ1n) is 6.24. The molecule has 5 nitrogen and oxygen atoms in total. The topological polar surface area (TPSA) is 64.5 Å². The summed E-state index contributed by atoms with van der Waals surface area (Å²) >= 11 is 0. The molecular weight excluding hydrogens is 258 g/mol. The van der Waals surface area contributed by atoms with Crippen molar-refractivity contribution in [2.75, 3.05) is 14.2 Å². The first-order valence-corrected chi connectivity index (χ1v) is 6.24. The molecule has 20 heavy (non-hydrogen) atoms. The van der Waals surface area contributed by atoms with Crippen molar-refractivity contribution in [1.29, 1.82) is 0 Å². The number of aromatic amines is 1. The fourth-order valence-electron chi connectivity index (χ4n) is 2.66. The van der Waals surface area contributed by atoms with Crippen molar-refractivity contribution in [3.8, 4) is 11.5 Å². The Kier molecular flexibility index (Phi) is 2.71. The Bertz CT molecular complexity index is 873. The Hall–Kier alpha value is -2.43. The van der Waals surface area contributed by atoms with Gasteiger partial charge in [0.15, 0.2) is 11.5 Å². The van der Waals surface area contributed by atoms with Gasteiger partial charge in [0.2, 0.25) is 0 Å². The molecule has 0 bridgehead atoms. The molecule has 0 spiro atoms. The van der Waals surface area contributed by atoms with Gasteiger partial charge in [0.1, 0.15) is 11.5 Å². The number of hydrogen-bond acceptors (Lipinski definition) is 4. The number of aryl methyl sites for hydroxylation is 2. The summed E-state index contributed by atoms with van der Waals surface area (Å²) < 4.78 is 16.2. The number of aromatic nitrogens is 1. The summed E-state index contributed by atoms with van der Waals surface area (Å²) in [7, 11) is 3.15. The van der Waals surface area contributed by atoms with Crippen LogP contribution >= 0.6 is 0 Å². The number of nitrogens with one attached hydrogen (secondary N) is 1. The first kappa shape index (κ1) is 12.6. The summed E-state index contributed by atoms with van der Waals surface area (Å²) in [4.78, 5) is 15.1. The number of hydrogen-bond donors (Lipinski definition) is 1. The zero-order chi connectivity index (χ0) is 14.4. The van der Waals surface area contributed by atoms with Crippen LogP contribution in [0.5, 0.6) is 11.5 Å². The lowest BCUT2D eigenvalue weighted by Gasteiger charge is -2.09. The van der Waals surface area contributed by atoms with Gasteiger partial charge in [-0.25, -0.2) is 0 Å². The maximum absolute atomic E-state index is 12.2. The third-order valence-electron chi connectivity index (χ3n) is 3.53. The minimum atomic E-state index is -0.158. The Balaban J connectivity index is 2.56. The Morgan fingerprint density at radius 1 is 1.00 bits per heavy atom. The second kappa shape index (κ2) is 4.30. The molecule has 0 aliphatic rings. The lowest BCUT2D eigenvalue weighted by Crippen LogP contribution is -2.06. The Morgan fingerprint density at radius 2 is 1.60 bits per heavy atom. The summed E-state index contributed by atoms with van der Waals surface area (Å²) in [6.45, 7) is 3.64. The fourth-order valence-corrected chi connectivity index (χ4v) is 2.66. The van der Waals surface area contributed by atoms with E-state index in [1.165, 1.54) is 0 Å². The van der Waals surface area contributed by atoms with Crippen LogP contribution in [0.2, 0.25) is 0 Å². The molecule has 2 aromatic heterocycles. The second-order valence-electron chi connectivity index (χ2n) is 4.67.